The van der Waals surface area contributed by atoms with Crippen LogP contribution in [0.25, 0.3) is 0 Å². The van der Waals surface area contributed by atoms with Crippen LogP contribution in [0.3, 0.4) is 0 Å². The molecule has 2 unspecified atom stereocenters. The third-order valence-electron chi connectivity index (χ3n) is 6.72. The molecular weight excluding hydrogens is 326 g/mol. The summed E-state index contributed by atoms with van der Waals surface area (Å²) in [5.74, 6) is -0.390. The molecule has 0 aromatic heterocycles. The molecule has 0 aliphatic heterocycles. The highest BCUT2D eigenvalue weighted by molar-refractivity contribution is 5.88. The standard InChI is InChI=1S/C20H22F2O3/c21-16-6-17(14(11-1-2-11)5-15(16)19(23)24)25-18-12-3-10-4-13(18)9-20(22,7-10)8-12/h5-6,10-13,18H,1-4,7-9H2,(H,23,24)/t10?,12?,13?,18-,20-. The molecule has 5 aliphatic rings. The van der Waals surface area contributed by atoms with Crippen molar-refractivity contribution in [2.24, 2.45) is 17.8 Å². The zero-order valence-corrected chi connectivity index (χ0v) is 14.0. The summed E-state index contributed by atoms with van der Waals surface area (Å²) in [5.41, 5.74) is -0.502. The average Bonchev–Trinajstić information content (AvgIpc) is 3.33. The van der Waals surface area contributed by atoms with Crippen LogP contribution in [0.15, 0.2) is 12.1 Å². The van der Waals surface area contributed by atoms with Crippen LogP contribution in [0, 0.1) is 23.6 Å². The number of halogens is 2. The Hall–Kier alpha value is -1.65. The minimum atomic E-state index is -1.25. The maximum absolute atomic E-state index is 14.8. The molecular formula is C20H22F2O3. The predicted molar refractivity (Wildman–Crippen MR) is 87.1 cm³/mol. The van der Waals surface area contributed by atoms with E-state index in [0.717, 1.165) is 31.2 Å². The van der Waals surface area contributed by atoms with Gasteiger partial charge in [-0.1, -0.05) is 0 Å². The van der Waals surface area contributed by atoms with E-state index in [1.54, 1.807) is 0 Å². The highest BCUT2D eigenvalue weighted by atomic mass is 19.1. The van der Waals surface area contributed by atoms with E-state index in [0.29, 0.717) is 30.9 Å². The minimum absolute atomic E-state index is 0.0620. The first-order chi connectivity index (χ1) is 11.9. The van der Waals surface area contributed by atoms with Gasteiger partial charge in [0, 0.05) is 6.07 Å². The van der Waals surface area contributed by atoms with Crippen LogP contribution in [0.4, 0.5) is 8.78 Å². The molecule has 0 amide bonds. The van der Waals surface area contributed by atoms with E-state index in [9.17, 15) is 18.7 Å². The Morgan fingerprint density at radius 3 is 2.40 bits per heavy atom. The first-order valence-electron chi connectivity index (χ1n) is 9.34. The van der Waals surface area contributed by atoms with Crippen LogP contribution in [-0.2, 0) is 0 Å². The Kier molecular flexibility index (Phi) is 3.23. The van der Waals surface area contributed by atoms with E-state index < -0.39 is 17.5 Å². The number of aromatic carboxylic acids is 1. The van der Waals surface area contributed by atoms with Gasteiger partial charge in [0.1, 0.15) is 23.3 Å². The van der Waals surface area contributed by atoms with Crippen molar-refractivity contribution in [1.82, 2.24) is 0 Å². The fraction of sp³-hybridized carbons (Fsp3) is 0.650. The number of carboxylic acid groups (broad SMARTS) is 1. The summed E-state index contributed by atoms with van der Waals surface area (Å²) < 4.78 is 35.3. The number of hydrogen-bond donors (Lipinski definition) is 1. The maximum Gasteiger partial charge on any atom is 0.338 e. The van der Waals surface area contributed by atoms with Gasteiger partial charge in [0.2, 0.25) is 0 Å². The average molecular weight is 348 g/mol. The summed E-state index contributed by atoms with van der Waals surface area (Å²) in [6.45, 7) is 0. The number of ether oxygens (including phenoxy) is 1. The SMILES string of the molecule is O=C(O)c1cc(C2CC2)c(O[C@H]2C3CC4CC2C[C@](F)(C4)C3)cc1F. The van der Waals surface area contributed by atoms with Gasteiger partial charge in [0.25, 0.3) is 0 Å². The van der Waals surface area contributed by atoms with Crippen LogP contribution in [0.2, 0.25) is 0 Å². The Balaban J connectivity index is 1.46. The van der Waals surface area contributed by atoms with Crippen LogP contribution < -0.4 is 4.74 Å². The normalized spacial score (nSPS) is 38.8. The molecule has 1 aromatic carbocycles. The summed E-state index contributed by atoms with van der Waals surface area (Å²) >= 11 is 0. The molecule has 0 spiro atoms. The molecule has 2 atom stereocenters. The van der Waals surface area contributed by atoms with Gasteiger partial charge in [0.05, 0.1) is 5.56 Å². The predicted octanol–water partition coefficient (Wildman–Crippen LogP) is 4.70. The van der Waals surface area contributed by atoms with Crippen LogP contribution in [0.1, 0.15) is 66.8 Å². The molecule has 4 bridgehead atoms. The topological polar surface area (TPSA) is 46.5 Å². The molecule has 6 rings (SSSR count). The number of hydrogen-bond acceptors (Lipinski definition) is 2. The quantitative estimate of drug-likeness (QED) is 0.858. The largest absolute Gasteiger partial charge is 0.489 e. The smallest absolute Gasteiger partial charge is 0.338 e. The Labute approximate surface area is 145 Å². The van der Waals surface area contributed by atoms with E-state index in [4.69, 9.17) is 4.74 Å². The lowest BCUT2D eigenvalue weighted by Crippen LogP contribution is -2.56. The lowest BCUT2D eigenvalue weighted by molar-refractivity contribution is -0.134. The van der Waals surface area contributed by atoms with Gasteiger partial charge in [-0.25, -0.2) is 13.6 Å². The highest BCUT2D eigenvalue weighted by Crippen LogP contribution is 2.58. The molecule has 25 heavy (non-hydrogen) atoms. The van der Waals surface area contributed by atoms with Gasteiger partial charge >= 0.3 is 5.97 Å². The summed E-state index contributed by atoms with van der Waals surface area (Å²) in [7, 11) is 0. The second-order valence-corrected chi connectivity index (χ2v) is 8.65. The van der Waals surface area contributed by atoms with E-state index in [1.165, 1.54) is 12.1 Å². The number of alkyl halides is 1. The Morgan fingerprint density at radius 2 is 1.84 bits per heavy atom. The fourth-order valence-electron chi connectivity index (χ4n) is 5.77. The molecule has 1 N–H and O–H groups in total. The molecule has 0 heterocycles. The lowest BCUT2D eigenvalue weighted by Gasteiger charge is -2.56. The first-order valence-corrected chi connectivity index (χ1v) is 9.34. The van der Waals surface area contributed by atoms with Crippen molar-refractivity contribution in [1.29, 1.82) is 0 Å². The molecule has 5 saturated carbocycles. The van der Waals surface area contributed by atoms with E-state index in [-0.39, 0.29) is 29.4 Å². The minimum Gasteiger partial charge on any atom is -0.489 e. The molecule has 5 heteroatoms. The van der Waals surface area contributed by atoms with Crippen LogP contribution >= 0.6 is 0 Å². The van der Waals surface area contributed by atoms with E-state index >= 15 is 0 Å². The molecule has 0 radical (unpaired) electrons. The second-order valence-electron chi connectivity index (χ2n) is 8.65. The molecule has 134 valence electrons. The van der Waals surface area contributed by atoms with Crippen LogP contribution in [0.5, 0.6) is 5.75 Å². The Morgan fingerprint density at radius 1 is 1.16 bits per heavy atom. The molecule has 1 aromatic rings. The summed E-state index contributed by atoms with van der Waals surface area (Å²) in [6.07, 6.45) is 5.71. The third kappa shape index (κ3) is 2.54. The Bertz CT molecular complexity index is 727. The highest BCUT2D eigenvalue weighted by Gasteiger charge is 2.57. The van der Waals surface area contributed by atoms with E-state index in [1.807, 2.05) is 0 Å². The number of benzene rings is 1. The van der Waals surface area contributed by atoms with Gasteiger partial charge in [-0.3, -0.25) is 0 Å². The first kappa shape index (κ1) is 15.6. The maximum atomic E-state index is 14.8. The monoisotopic (exact) mass is 348 g/mol. The van der Waals surface area contributed by atoms with Crippen molar-refractivity contribution in [3.8, 4) is 5.75 Å². The third-order valence-corrected chi connectivity index (χ3v) is 6.72. The summed E-state index contributed by atoms with van der Waals surface area (Å²) in [6, 6.07) is 2.69. The van der Waals surface area contributed by atoms with Crippen LogP contribution in [-0.4, -0.2) is 22.8 Å². The van der Waals surface area contributed by atoms with Gasteiger partial charge < -0.3 is 9.84 Å². The zero-order chi connectivity index (χ0) is 17.3. The van der Waals surface area contributed by atoms with E-state index in [2.05, 4.69) is 0 Å². The molecule has 5 fully saturated rings. The van der Waals surface area contributed by atoms with Crippen molar-refractivity contribution < 1.29 is 23.4 Å². The van der Waals surface area contributed by atoms with Crippen molar-refractivity contribution in [3.05, 3.63) is 29.1 Å². The van der Waals surface area contributed by atoms with Gasteiger partial charge in [-0.05, 0) is 80.2 Å². The molecule has 3 nitrogen and oxygen atoms in total. The van der Waals surface area contributed by atoms with Crippen molar-refractivity contribution in [3.63, 3.8) is 0 Å². The van der Waals surface area contributed by atoms with Crippen molar-refractivity contribution in [2.75, 3.05) is 0 Å². The zero-order valence-electron chi connectivity index (χ0n) is 14.0. The number of carboxylic acids is 1. The van der Waals surface area contributed by atoms with Crippen molar-refractivity contribution >= 4 is 5.97 Å². The van der Waals surface area contributed by atoms with Gasteiger partial charge in [-0.2, -0.15) is 0 Å². The molecule has 0 saturated heterocycles. The van der Waals surface area contributed by atoms with Gasteiger partial charge in [-0.15, -0.1) is 0 Å². The molecule has 5 aliphatic carbocycles. The summed E-state index contributed by atoms with van der Waals surface area (Å²) in [5, 5.41) is 9.18. The number of rotatable bonds is 4. The lowest BCUT2D eigenvalue weighted by atomic mass is 9.53. The second kappa shape index (κ2) is 5.18. The van der Waals surface area contributed by atoms with Crippen molar-refractivity contribution in [2.45, 2.75) is 62.6 Å². The fourth-order valence-corrected chi connectivity index (χ4v) is 5.77. The van der Waals surface area contributed by atoms with Gasteiger partial charge in [0.15, 0.2) is 0 Å². The summed E-state index contributed by atoms with van der Waals surface area (Å²) in [4.78, 5) is 11.2. The number of carbonyl (C=O) groups is 1.